The molecule has 4 heteroatoms. The Morgan fingerprint density at radius 1 is 1.16 bits per heavy atom. The Kier molecular flexibility index (Phi) is 3.90. The number of rotatable bonds is 3. The van der Waals surface area contributed by atoms with Crippen molar-refractivity contribution in [1.29, 1.82) is 0 Å². The molecular weight excluding hydrogens is 246 g/mol. The van der Waals surface area contributed by atoms with Gasteiger partial charge in [-0.2, -0.15) is 0 Å². The Morgan fingerprint density at radius 2 is 1.89 bits per heavy atom. The van der Waals surface area contributed by atoms with Gasteiger partial charge in [0.25, 0.3) is 0 Å². The first-order valence-corrected chi connectivity index (χ1v) is 6.10. The molecule has 1 aromatic heterocycles. The average Bonchev–Trinajstić information content (AvgIpc) is 2.33. The number of nitrogens with two attached hydrogens (primary N) is 1. The van der Waals surface area contributed by atoms with Crippen molar-refractivity contribution in [2.75, 3.05) is 0 Å². The molecule has 0 aliphatic carbocycles. The van der Waals surface area contributed by atoms with Crippen LogP contribution in [0.4, 0.5) is 8.78 Å². The second-order valence-corrected chi connectivity index (χ2v) is 4.77. The summed E-state index contributed by atoms with van der Waals surface area (Å²) in [6.07, 6.45) is 2.18. The molecule has 1 unspecified atom stereocenters. The van der Waals surface area contributed by atoms with Gasteiger partial charge in [-0.25, -0.2) is 8.78 Å². The van der Waals surface area contributed by atoms with Crippen LogP contribution in [0.25, 0.3) is 0 Å². The molecule has 0 aliphatic rings. The fourth-order valence-electron chi connectivity index (χ4n) is 2.13. The standard InChI is InChI=1S/C15H16F2N2/c1-9-5-10(2)15(19-8-9)14(18)7-11-3-4-12(16)13(17)6-11/h3-6,8,14H,7,18H2,1-2H3. The number of hydrogen-bond acceptors (Lipinski definition) is 2. The van der Waals surface area contributed by atoms with Gasteiger partial charge in [0.15, 0.2) is 11.6 Å². The molecule has 0 saturated carbocycles. The number of hydrogen-bond donors (Lipinski definition) is 1. The molecule has 0 spiro atoms. The minimum absolute atomic E-state index is 0.328. The van der Waals surface area contributed by atoms with Crippen LogP contribution in [0.15, 0.2) is 30.5 Å². The van der Waals surface area contributed by atoms with Crippen molar-refractivity contribution in [2.24, 2.45) is 5.73 Å². The van der Waals surface area contributed by atoms with E-state index in [1.54, 1.807) is 12.3 Å². The highest BCUT2D eigenvalue weighted by Crippen LogP contribution is 2.19. The molecule has 0 amide bonds. The summed E-state index contributed by atoms with van der Waals surface area (Å²) in [6, 6.07) is 5.52. The summed E-state index contributed by atoms with van der Waals surface area (Å²) >= 11 is 0. The summed E-state index contributed by atoms with van der Waals surface area (Å²) < 4.78 is 26.0. The first kappa shape index (κ1) is 13.6. The number of benzene rings is 1. The van der Waals surface area contributed by atoms with Gasteiger partial charge in [-0.05, 0) is 49.1 Å². The molecule has 1 atom stereocenters. The Labute approximate surface area is 111 Å². The molecule has 2 rings (SSSR count). The second-order valence-electron chi connectivity index (χ2n) is 4.77. The molecule has 1 heterocycles. The first-order valence-electron chi connectivity index (χ1n) is 6.10. The third kappa shape index (κ3) is 3.15. The largest absolute Gasteiger partial charge is 0.322 e. The lowest BCUT2D eigenvalue weighted by atomic mass is 10.00. The number of halogens is 2. The number of aromatic nitrogens is 1. The molecule has 2 N–H and O–H groups in total. The predicted molar refractivity (Wildman–Crippen MR) is 70.7 cm³/mol. The molecular formula is C15H16F2N2. The molecule has 0 saturated heterocycles. The van der Waals surface area contributed by atoms with E-state index >= 15 is 0 Å². The van der Waals surface area contributed by atoms with E-state index in [1.165, 1.54) is 6.07 Å². The van der Waals surface area contributed by atoms with Crippen molar-refractivity contribution in [3.63, 3.8) is 0 Å². The maximum Gasteiger partial charge on any atom is 0.159 e. The van der Waals surface area contributed by atoms with E-state index in [1.807, 2.05) is 19.9 Å². The van der Waals surface area contributed by atoms with Gasteiger partial charge in [0.1, 0.15) is 0 Å². The smallest absolute Gasteiger partial charge is 0.159 e. The van der Waals surface area contributed by atoms with Crippen LogP contribution in [0.5, 0.6) is 0 Å². The molecule has 1 aromatic carbocycles. The molecule has 0 radical (unpaired) electrons. The van der Waals surface area contributed by atoms with E-state index in [-0.39, 0.29) is 6.04 Å². The van der Waals surface area contributed by atoms with Gasteiger partial charge < -0.3 is 5.73 Å². The Bertz CT molecular complexity index is 597. The van der Waals surface area contributed by atoms with Crippen molar-refractivity contribution < 1.29 is 8.78 Å². The van der Waals surface area contributed by atoms with Crippen LogP contribution in [0.3, 0.4) is 0 Å². The highest BCUT2D eigenvalue weighted by Gasteiger charge is 2.13. The van der Waals surface area contributed by atoms with Crippen molar-refractivity contribution in [3.05, 3.63) is 64.5 Å². The molecule has 0 fully saturated rings. The minimum atomic E-state index is -0.849. The Morgan fingerprint density at radius 3 is 2.53 bits per heavy atom. The van der Waals surface area contributed by atoms with E-state index in [9.17, 15) is 8.78 Å². The third-order valence-electron chi connectivity index (χ3n) is 3.05. The lowest BCUT2D eigenvalue weighted by Gasteiger charge is -2.14. The molecule has 19 heavy (non-hydrogen) atoms. The van der Waals surface area contributed by atoms with Gasteiger partial charge >= 0.3 is 0 Å². The summed E-state index contributed by atoms with van der Waals surface area (Å²) in [7, 11) is 0. The third-order valence-corrected chi connectivity index (χ3v) is 3.05. The lowest BCUT2D eigenvalue weighted by Crippen LogP contribution is -2.16. The van der Waals surface area contributed by atoms with E-state index in [2.05, 4.69) is 4.98 Å². The zero-order chi connectivity index (χ0) is 14.0. The molecule has 0 aliphatic heterocycles. The minimum Gasteiger partial charge on any atom is -0.322 e. The topological polar surface area (TPSA) is 38.9 Å². The fraction of sp³-hybridized carbons (Fsp3) is 0.267. The lowest BCUT2D eigenvalue weighted by molar-refractivity contribution is 0.506. The van der Waals surface area contributed by atoms with Gasteiger partial charge in [0.2, 0.25) is 0 Å². The van der Waals surface area contributed by atoms with Crippen molar-refractivity contribution in [3.8, 4) is 0 Å². The quantitative estimate of drug-likeness (QED) is 0.922. The summed E-state index contributed by atoms with van der Waals surface area (Å²) in [5.74, 6) is -1.69. The first-order chi connectivity index (χ1) is 8.97. The SMILES string of the molecule is Cc1cnc(C(N)Cc2ccc(F)c(F)c2)c(C)c1. The van der Waals surface area contributed by atoms with Crippen molar-refractivity contribution in [2.45, 2.75) is 26.3 Å². The van der Waals surface area contributed by atoms with Crippen molar-refractivity contribution in [1.82, 2.24) is 4.98 Å². The maximum atomic E-state index is 13.1. The van der Waals surface area contributed by atoms with Crippen LogP contribution in [-0.4, -0.2) is 4.98 Å². The molecule has 100 valence electrons. The van der Waals surface area contributed by atoms with E-state index in [0.29, 0.717) is 12.0 Å². The van der Waals surface area contributed by atoms with Crippen molar-refractivity contribution >= 4 is 0 Å². The van der Waals surface area contributed by atoms with Gasteiger partial charge in [-0.3, -0.25) is 4.98 Å². The van der Waals surface area contributed by atoms with Gasteiger partial charge in [-0.1, -0.05) is 12.1 Å². The van der Waals surface area contributed by atoms with Crippen LogP contribution in [0, 0.1) is 25.5 Å². The highest BCUT2D eigenvalue weighted by molar-refractivity contribution is 5.27. The van der Waals surface area contributed by atoms with Crippen LogP contribution >= 0.6 is 0 Å². The zero-order valence-electron chi connectivity index (χ0n) is 11.0. The van der Waals surface area contributed by atoms with Gasteiger partial charge in [0.05, 0.1) is 11.7 Å². The Hall–Kier alpha value is -1.81. The molecule has 2 aromatic rings. The normalized spacial score (nSPS) is 12.5. The van der Waals surface area contributed by atoms with Crippen LogP contribution in [-0.2, 0) is 6.42 Å². The summed E-state index contributed by atoms with van der Waals surface area (Å²) in [6.45, 7) is 3.91. The molecule has 0 bridgehead atoms. The van der Waals surface area contributed by atoms with Crippen LogP contribution < -0.4 is 5.73 Å². The monoisotopic (exact) mass is 262 g/mol. The van der Waals surface area contributed by atoms with Crippen LogP contribution in [0.2, 0.25) is 0 Å². The average molecular weight is 262 g/mol. The summed E-state index contributed by atoms with van der Waals surface area (Å²) in [5.41, 5.74) is 9.62. The van der Waals surface area contributed by atoms with E-state index in [0.717, 1.165) is 22.9 Å². The Balaban J connectivity index is 2.20. The summed E-state index contributed by atoms with van der Waals surface area (Å²) in [4.78, 5) is 4.32. The molecule has 2 nitrogen and oxygen atoms in total. The van der Waals surface area contributed by atoms with E-state index < -0.39 is 11.6 Å². The highest BCUT2D eigenvalue weighted by atomic mass is 19.2. The number of pyridine rings is 1. The van der Waals surface area contributed by atoms with Gasteiger partial charge in [0, 0.05) is 6.20 Å². The maximum absolute atomic E-state index is 13.1. The fourth-order valence-corrected chi connectivity index (χ4v) is 2.13. The zero-order valence-corrected chi connectivity index (χ0v) is 11.0. The second kappa shape index (κ2) is 5.45. The van der Waals surface area contributed by atoms with Gasteiger partial charge in [-0.15, -0.1) is 0 Å². The number of nitrogens with zero attached hydrogens (tertiary/aromatic N) is 1. The summed E-state index contributed by atoms with van der Waals surface area (Å²) in [5, 5.41) is 0. The predicted octanol–water partition coefficient (Wildman–Crippen LogP) is 3.22. The van der Waals surface area contributed by atoms with Crippen LogP contribution in [0.1, 0.15) is 28.4 Å². The number of aryl methyl sites for hydroxylation is 2. The van der Waals surface area contributed by atoms with E-state index in [4.69, 9.17) is 5.73 Å².